The van der Waals surface area contributed by atoms with Gasteiger partial charge in [-0.3, -0.25) is 15.2 Å². The van der Waals surface area contributed by atoms with Crippen molar-refractivity contribution in [1.82, 2.24) is 14.7 Å². The number of anilines is 1. The van der Waals surface area contributed by atoms with Crippen LogP contribution >= 0.6 is 0 Å². The average Bonchev–Trinajstić information content (AvgIpc) is 2.89. The zero-order valence-corrected chi connectivity index (χ0v) is 11.9. The summed E-state index contributed by atoms with van der Waals surface area (Å²) in [5.41, 5.74) is 1.41. The van der Waals surface area contributed by atoms with Gasteiger partial charge in [-0.05, 0) is 37.3 Å². The number of hydrogen-bond donors (Lipinski definition) is 1. The van der Waals surface area contributed by atoms with E-state index in [1.54, 1.807) is 41.4 Å². The Balaban J connectivity index is 1.85. The molecule has 2 amide bonds. The van der Waals surface area contributed by atoms with Gasteiger partial charge < -0.3 is 0 Å². The van der Waals surface area contributed by atoms with Crippen molar-refractivity contribution < 1.29 is 9.18 Å². The van der Waals surface area contributed by atoms with Gasteiger partial charge in [0.05, 0.1) is 11.4 Å². The number of allylic oxidation sites excluding steroid dienone is 1. The molecule has 2 aromatic rings. The van der Waals surface area contributed by atoms with E-state index in [4.69, 9.17) is 0 Å². The summed E-state index contributed by atoms with van der Waals surface area (Å²) in [6.07, 6.45) is 4.97. The molecule has 0 saturated heterocycles. The molecule has 2 heterocycles. The van der Waals surface area contributed by atoms with Crippen LogP contribution in [0.1, 0.15) is 5.69 Å². The third-order valence-corrected chi connectivity index (χ3v) is 3.09. The van der Waals surface area contributed by atoms with Crippen LogP contribution in [0.4, 0.5) is 15.0 Å². The molecule has 0 saturated carbocycles. The Kier molecular flexibility index (Phi) is 3.69. The highest BCUT2D eigenvalue weighted by molar-refractivity contribution is 5.90. The molecule has 1 aromatic heterocycles. The lowest BCUT2D eigenvalue weighted by atomic mass is 10.3. The highest BCUT2D eigenvalue weighted by atomic mass is 19.1. The molecule has 0 radical (unpaired) electrons. The van der Waals surface area contributed by atoms with Gasteiger partial charge >= 0.3 is 6.03 Å². The van der Waals surface area contributed by atoms with Crippen LogP contribution in [0.5, 0.6) is 0 Å². The van der Waals surface area contributed by atoms with Crippen LogP contribution in [0, 0.1) is 12.7 Å². The van der Waals surface area contributed by atoms with Gasteiger partial charge in [0, 0.05) is 18.5 Å². The van der Waals surface area contributed by atoms with Crippen molar-refractivity contribution in [3.8, 4) is 5.69 Å². The molecule has 0 unspecified atom stereocenters. The number of aromatic nitrogens is 2. The van der Waals surface area contributed by atoms with Crippen LogP contribution < -0.4 is 5.32 Å². The first-order valence-electron chi connectivity index (χ1n) is 6.70. The van der Waals surface area contributed by atoms with Gasteiger partial charge in [-0.2, -0.15) is 5.10 Å². The lowest BCUT2D eigenvalue weighted by Gasteiger charge is -2.18. The Morgan fingerprint density at radius 2 is 2.09 bits per heavy atom. The second-order valence-corrected chi connectivity index (χ2v) is 4.77. The maximum absolute atomic E-state index is 13.0. The molecule has 3 rings (SSSR count). The minimum atomic E-state index is -0.325. The van der Waals surface area contributed by atoms with Crippen molar-refractivity contribution in [3.05, 3.63) is 54.1 Å². The van der Waals surface area contributed by atoms with E-state index >= 15 is 0 Å². The van der Waals surface area contributed by atoms with Crippen molar-refractivity contribution in [2.75, 3.05) is 12.0 Å². The number of rotatable bonds is 2. The Bertz CT molecular complexity index is 748. The summed E-state index contributed by atoms with van der Waals surface area (Å²) in [6.45, 7) is 2.09. The second-order valence-electron chi connectivity index (χ2n) is 4.77. The molecule has 1 aromatic carbocycles. The number of urea groups is 1. The van der Waals surface area contributed by atoms with Crippen molar-refractivity contribution in [1.29, 1.82) is 0 Å². The number of nitrogens with zero attached hydrogens (tertiary/aromatic N) is 4. The number of nitrogens with one attached hydrogen (secondary N) is 1. The van der Waals surface area contributed by atoms with E-state index in [0.717, 1.165) is 5.69 Å². The molecule has 7 heteroatoms. The van der Waals surface area contributed by atoms with Gasteiger partial charge in [-0.25, -0.2) is 13.9 Å². The quantitative estimate of drug-likeness (QED) is 0.926. The zero-order chi connectivity index (χ0) is 15.5. The summed E-state index contributed by atoms with van der Waals surface area (Å²) in [5, 5.41) is 7.10. The molecular weight excluding hydrogens is 285 g/mol. The first kappa shape index (κ1) is 14.0. The number of benzene rings is 1. The van der Waals surface area contributed by atoms with E-state index in [0.29, 0.717) is 11.5 Å². The molecule has 112 valence electrons. The molecule has 1 N–H and O–H groups in total. The first-order chi connectivity index (χ1) is 10.6. The van der Waals surface area contributed by atoms with Crippen molar-refractivity contribution in [2.24, 2.45) is 4.99 Å². The van der Waals surface area contributed by atoms with Crippen LogP contribution in [0.15, 0.2) is 47.6 Å². The minimum Gasteiger partial charge on any atom is -0.292 e. The van der Waals surface area contributed by atoms with E-state index in [9.17, 15) is 9.18 Å². The average molecular weight is 299 g/mol. The summed E-state index contributed by atoms with van der Waals surface area (Å²) in [4.78, 5) is 17.7. The van der Waals surface area contributed by atoms with Crippen molar-refractivity contribution in [2.45, 2.75) is 6.92 Å². The minimum absolute atomic E-state index is 0.270. The van der Waals surface area contributed by atoms with E-state index in [1.165, 1.54) is 17.0 Å². The second kappa shape index (κ2) is 5.80. The fourth-order valence-corrected chi connectivity index (χ4v) is 2.07. The normalized spacial score (nSPS) is 13.5. The monoisotopic (exact) mass is 299 g/mol. The predicted molar refractivity (Wildman–Crippen MR) is 81.6 cm³/mol. The first-order valence-corrected chi connectivity index (χ1v) is 6.70. The standard InChI is InChI=1S/C15H14FN5O/c1-11-9-14(18-15(22)20-8-2-7-17-10-20)21(19-11)13-5-3-12(16)4-6-13/h2-9H,10H2,1H3,(H,18,22). The topological polar surface area (TPSA) is 62.5 Å². The van der Waals surface area contributed by atoms with Crippen LogP contribution in [0.25, 0.3) is 5.69 Å². The van der Waals surface area contributed by atoms with Crippen LogP contribution in [0.2, 0.25) is 0 Å². The SMILES string of the molecule is Cc1cc(NC(=O)N2C=CC=NC2)n(-c2ccc(F)cc2)n1. The Hall–Kier alpha value is -2.96. The third-order valence-electron chi connectivity index (χ3n) is 3.09. The fraction of sp³-hybridized carbons (Fsp3) is 0.133. The molecule has 6 nitrogen and oxygen atoms in total. The summed E-state index contributed by atoms with van der Waals surface area (Å²) < 4.78 is 14.6. The molecule has 0 fully saturated rings. The maximum Gasteiger partial charge on any atom is 0.328 e. The van der Waals surface area contributed by atoms with Crippen molar-refractivity contribution in [3.63, 3.8) is 0 Å². The van der Waals surface area contributed by atoms with Crippen LogP contribution in [0.3, 0.4) is 0 Å². The molecule has 0 atom stereocenters. The maximum atomic E-state index is 13.0. The van der Waals surface area contributed by atoms with Gasteiger partial charge in [0.15, 0.2) is 0 Å². The number of carbonyl (C=O) groups excluding carboxylic acids is 1. The van der Waals surface area contributed by atoms with Crippen molar-refractivity contribution >= 4 is 18.1 Å². The summed E-state index contributed by atoms with van der Waals surface area (Å²) in [7, 11) is 0. The van der Waals surface area contributed by atoms with Gasteiger partial charge in [0.2, 0.25) is 0 Å². The van der Waals surface area contributed by atoms with Gasteiger partial charge in [-0.15, -0.1) is 0 Å². The highest BCUT2D eigenvalue weighted by Gasteiger charge is 2.15. The van der Waals surface area contributed by atoms with Gasteiger partial charge in [0.1, 0.15) is 18.3 Å². The van der Waals surface area contributed by atoms with E-state index < -0.39 is 0 Å². The lowest BCUT2D eigenvalue weighted by Crippen LogP contribution is -2.32. The molecule has 1 aliphatic heterocycles. The van der Waals surface area contributed by atoms with E-state index in [-0.39, 0.29) is 18.5 Å². The Morgan fingerprint density at radius 3 is 2.77 bits per heavy atom. The number of aliphatic imine (C=N–C) groups is 1. The van der Waals surface area contributed by atoms with Crippen LogP contribution in [-0.4, -0.2) is 33.6 Å². The van der Waals surface area contributed by atoms with E-state index in [1.807, 2.05) is 6.92 Å². The molecular formula is C15H14FN5O. The molecule has 0 aliphatic carbocycles. The van der Waals surface area contributed by atoms with Gasteiger partial charge in [0.25, 0.3) is 0 Å². The number of halogens is 1. The Labute approximate surface area is 126 Å². The molecule has 0 spiro atoms. The van der Waals surface area contributed by atoms with Gasteiger partial charge in [-0.1, -0.05) is 0 Å². The molecule has 22 heavy (non-hydrogen) atoms. The Morgan fingerprint density at radius 1 is 1.32 bits per heavy atom. The number of amides is 2. The lowest BCUT2D eigenvalue weighted by molar-refractivity contribution is 0.229. The fourth-order valence-electron chi connectivity index (χ4n) is 2.07. The zero-order valence-electron chi connectivity index (χ0n) is 11.9. The highest BCUT2D eigenvalue weighted by Crippen LogP contribution is 2.18. The van der Waals surface area contributed by atoms with E-state index in [2.05, 4.69) is 15.4 Å². The number of carbonyl (C=O) groups is 1. The largest absolute Gasteiger partial charge is 0.328 e. The number of aryl methyl sites for hydroxylation is 1. The molecule has 0 bridgehead atoms. The predicted octanol–water partition coefficient (Wildman–Crippen LogP) is 2.71. The number of hydrogen-bond acceptors (Lipinski definition) is 3. The van der Waals surface area contributed by atoms with Crippen LogP contribution in [-0.2, 0) is 0 Å². The summed E-state index contributed by atoms with van der Waals surface area (Å²) >= 11 is 0. The third kappa shape index (κ3) is 2.88. The summed E-state index contributed by atoms with van der Waals surface area (Å²) in [5.74, 6) is 0.187. The summed E-state index contributed by atoms with van der Waals surface area (Å²) in [6, 6.07) is 7.33. The molecule has 1 aliphatic rings. The smallest absolute Gasteiger partial charge is 0.292 e.